The Balaban J connectivity index is 2.24. The Hall–Kier alpha value is -1.53. The van der Waals surface area contributed by atoms with Crippen molar-refractivity contribution in [3.63, 3.8) is 0 Å². The largest absolute Gasteiger partial charge is 0.488 e. The summed E-state index contributed by atoms with van der Waals surface area (Å²) in [5.41, 5.74) is -0.552. The Bertz CT molecular complexity index is 701. The summed E-state index contributed by atoms with van der Waals surface area (Å²) in [5, 5.41) is -0.673. The Morgan fingerprint density at radius 1 is 1.18 bits per heavy atom. The number of ether oxygens (including phenoxy) is 1. The summed E-state index contributed by atoms with van der Waals surface area (Å²) in [7, 11) is 0. The molecule has 0 heterocycles. The third-order valence-corrected chi connectivity index (χ3v) is 3.74. The zero-order valence-corrected chi connectivity index (χ0v) is 13.3. The molecular weight excluding hydrogens is 385 g/mol. The van der Waals surface area contributed by atoms with Crippen LogP contribution in [-0.2, 0) is 12.8 Å². The first-order valence-corrected chi connectivity index (χ1v) is 7.23. The number of halogens is 5. The molecular formula is C15H9BrClF3O2. The van der Waals surface area contributed by atoms with Crippen LogP contribution in [0.4, 0.5) is 13.2 Å². The maximum Gasteiger partial charge on any atom is 0.416 e. The van der Waals surface area contributed by atoms with Crippen LogP contribution in [0.15, 0.2) is 46.9 Å². The van der Waals surface area contributed by atoms with Crippen LogP contribution in [0.3, 0.4) is 0 Å². The van der Waals surface area contributed by atoms with Gasteiger partial charge in [-0.3, -0.25) is 4.79 Å². The van der Waals surface area contributed by atoms with E-state index in [1.54, 1.807) is 6.07 Å². The molecule has 0 amide bonds. The number of hydrogen-bond donors (Lipinski definition) is 0. The van der Waals surface area contributed by atoms with Crippen molar-refractivity contribution >= 4 is 32.8 Å². The second-order valence-corrected chi connectivity index (χ2v) is 5.56. The number of rotatable bonds is 4. The maximum absolute atomic E-state index is 12.9. The van der Waals surface area contributed by atoms with Gasteiger partial charge in [0.25, 0.3) is 5.24 Å². The molecule has 0 bridgehead atoms. The normalized spacial score (nSPS) is 11.3. The van der Waals surface area contributed by atoms with Crippen LogP contribution >= 0.6 is 27.5 Å². The fourth-order valence-electron chi connectivity index (χ4n) is 1.81. The van der Waals surface area contributed by atoms with Gasteiger partial charge >= 0.3 is 6.18 Å². The zero-order valence-electron chi connectivity index (χ0n) is 11.0. The molecule has 22 heavy (non-hydrogen) atoms. The first-order chi connectivity index (χ1) is 10.3. The van der Waals surface area contributed by atoms with Gasteiger partial charge in [0.1, 0.15) is 12.4 Å². The number of carbonyl (C=O) groups is 1. The van der Waals surface area contributed by atoms with Gasteiger partial charge in [0.2, 0.25) is 0 Å². The molecule has 0 N–H and O–H groups in total. The van der Waals surface area contributed by atoms with E-state index >= 15 is 0 Å². The highest BCUT2D eigenvalue weighted by molar-refractivity contribution is 9.10. The Kier molecular flexibility index (Phi) is 5.13. The van der Waals surface area contributed by atoms with Crippen molar-refractivity contribution in [1.29, 1.82) is 0 Å². The molecule has 0 aromatic heterocycles. The Morgan fingerprint density at radius 3 is 2.50 bits per heavy atom. The minimum atomic E-state index is -4.45. The smallest absolute Gasteiger partial charge is 0.416 e. The predicted octanol–water partition coefficient (Wildman–Crippen LogP) is 5.43. The van der Waals surface area contributed by atoms with E-state index in [9.17, 15) is 18.0 Å². The van der Waals surface area contributed by atoms with E-state index in [1.165, 1.54) is 30.3 Å². The molecule has 2 aromatic rings. The Labute approximate surface area is 138 Å². The molecule has 0 aliphatic carbocycles. The number of hydrogen-bond acceptors (Lipinski definition) is 2. The summed E-state index contributed by atoms with van der Waals surface area (Å²) in [6.45, 7) is -0.284. The van der Waals surface area contributed by atoms with E-state index in [0.29, 0.717) is 4.47 Å². The summed E-state index contributed by atoms with van der Waals surface area (Å²) in [4.78, 5) is 11.1. The first kappa shape index (κ1) is 16.8. The molecule has 0 fully saturated rings. The highest BCUT2D eigenvalue weighted by atomic mass is 79.9. The summed E-state index contributed by atoms with van der Waals surface area (Å²) in [5.74, 6) is 0.239. The van der Waals surface area contributed by atoms with Gasteiger partial charge in [-0.2, -0.15) is 13.2 Å². The number of carbonyl (C=O) groups excluding carboxylic acids is 1. The van der Waals surface area contributed by atoms with Gasteiger partial charge in [0, 0.05) is 11.1 Å². The molecule has 0 atom stereocenters. The van der Waals surface area contributed by atoms with Crippen molar-refractivity contribution in [2.24, 2.45) is 0 Å². The second kappa shape index (κ2) is 6.71. The van der Waals surface area contributed by atoms with E-state index in [1.807, 2.05) is 0 Å². The van der Waals surface area contributed by atoms with Crippen LogP contribution in [0.25, 0.3) is 0 Å². The van der Waals surface area contributed by atoms with E-state index in [4.69, 9.17) is 16.3 Å². The van der Waals surface area contributed by atoms with E-state index in [2.05, 4.69) is 15.9 Å². The molecule has 2 nitrogen and oxygen atoms in total. The van der Waals surface area contributed by atoms with Gasteiger partial charge < -0.3 is 4.74 Å². The lowest BCUT2D eigenvalue weighted by molar-refractivity contribution is -0.138. The summed E-state index contributed by atoms with van der Waals surface area (Å²) < 4.78 is 44.6. The van der Waals surface area contributed by atoms with Gasteiger partial charge in [-0.1, -0.05) is 18.2 Å². The SMILES string of the molecule is O=C(Cl)c1ccc(Br)c(OCc2ccccc2C(F)(F)F)c1. The maximum atomic E-state index is 12.9. The highest BCUT2D eigenvalue weighted by Gasteiger charge is 2.33. The number of benzene rings is 2. The molecule has 0 saturated heterocycles. The van der Waals surface area contributed by atoms with Crippen molar-refractivity contribution in [3.8, 4) is 5.75 Å². The minimum absolute atomic E-state index is 0.00417. The average Bonchev–Trinajstić information content (AvgIpc) is 2.45. The molecule has 0 unspecified atom stereocenters. The second-order valence-electron chi connectivity index (χ2n) is 4.36. The lowest BCUT2D eigenvalue weighted by atomic mass is 10.1. The van der Waals surface area contributed by atoms with Crippen molar-refractivity contribution in [2.45, 2.75) is 12.8 Å². The van der Waals surface area contributed by atoms with Crippen LogP contribution in [0.2, 0.25) is 0 Å². The summed E-state index contributed by atoms with van der Waals surface area (Å²) in [6.07, 6.45) is -4.45. The van der Waals surface area contributed by atoms with Crippen molar-refractivity contribution in [3.05, 3.63) is 63.6 Å². The molecule has 116 valence electrons. The fourth-order valence-corrected chi connectivity index (χ4v) is 2.29. The van der Waals surface area contributed by atoms with Crippen molar-refractivity contribution in [1.82, 2.24) is 0 Å². The standard InChI is InChI=1S/C15H9BrClF3O2/c16-12-6-5-9(14(17)21)7-13(12)22-8-10-3-1-2-4-11(10)15(18,19)20/h1-7H,8H2. The number of alkyl halides is 3. The van der Waals surface area contributed by atoms with Gasteiger partial charge in [-0.15, -0.1) is 0 Å². The average molecular weight is 394 g/mol. The van der Waals surface area contributed by atoms with Crippen LogP contribution in [0, 0.1) is 0 Å². The van der Waals surface area contributed by atoms with Crippen LogP contribution in [-0.4, -0.2) is 5.24 Å². The van der Waals surface area contributed by atoms with Gasteiger partial charge in [-0.25, -0.2) is 0 Å². The zero-order chi connectivity index (χ0) is 16.3. The molecule has 0 spiro atoms. The fraction of sp³-hybridized carbons (Fsp3) is 0.133. The van der Waals surface area contributed by atoms with Crippen molar-refractivity contribution in [2.75, 3.05) is 0 Å². The van der Waals surface area contributed by atoms with Gasteiger partial charge in [0.15, 0.2) is 0 Å². The third kappa shape index (κ3) is 4.01. The van der Waals surface area contributed by atoms with E-state index < -0.39 is 17.0 Å². The lowest BCUT2D eigenvalue weighted by Crippen LogP contribution is -2.10. The van der Waals surface area contributed by atoms with Crippen LogP contribution < -0.4 is 4.74 Å². The highest BCUT2D eigenvalue weighted by Crippen LogP contribution is 2.33. The Morgan fingerprint density at radius 2 is 1.86 bits per heavy atom. The third-order valence-electron chi connectivity index (χ3n) is 2.86. The predicted molar refractivity (Wildman–Crippen MR) is 80.1 cm³/mol. The molecule has 0 aliphatic rings. The molecule has 2 aromatic carbocycles. The summed E-state index contributed by atoms with van der Waals surface area (Å²) in [6, 6.07) is 9.54. The lowest BCUT2D eigenvalue weighted by Gasteiger charge is -2.14. The molecule has 0 radical (unpaired) electrons. The van der Waals surface area contributed by atoms with Crippen molar-refractivity contribution < 1.29 is 22.7 Å². The molecule has 0 saturated carbocycles. The van der Waals surface area contributed by atoms with Gasteiger partial charge in [0.05, 0.1) is 10.0 Å². The van der Waals surface area contributed by atoms with Gasteiger partial charge in [-0.05, 0) is 51.8 Å². The van der Waals surface area contributed by atoms with E-state index in [-0.39, 0.29) is 23.5 Å². The topological polar surface area (TPSA) is 26.3 Å². The first-order valence-electron chi connectivity index (χ1n) is 6.06. The molecule has 2 rings (SSSR count). The minimum Gasteiger partial charge on any atom is -0.488 e. The quantitative estimate of drug-likeness (QED) is 0.648. The van der Waals surface area contributed by atoms with Crippen LogP contribution in [0.1, 0.15) is 21.5 Å². The summed E-state index contributed by atoms with van der Waals surface area (Å²) >= 11 is 8.58. The molecule has 0 aliphatic heterocycles. The monoisotopic (exact) mass is 392 g/mol. The van der Waals surface area contributed by atoms with Crippen LogP contribution in [0.5, 0.6) is 5.75 Å². The molecule has 7 heteroatoms. The van der Waals surface area contributed by atoms with E-state index in [0.717, 1.165) is 6.07 Å².